The molecule has 142 valence electrons. The number of allylic oxidation sites excluding steroid dienone is 1. The number of hydrogen-bond acceptors (Lipinski definition) is 6. The molecule has 28 heavy (non-hydrogen) atoms. The molecule has 0 bridgehead atoms. The minimum Gasteiger partial charge on any atom is -0.348 e. The van der Waals surface area contributed by atoms with Crippen molar-refractivity contribution in [2.75, 3.05) is 0 Å². The topological polar surface area (TPSA) is 78.7 Å². The van der Waals surface area contributed by atoms with E-state index in [1.165, 1.54) is 11.5 Å². The number of ketones is 1. The van der Waals surface area contributed by atoms with Gasteiger partial charge in [0.1, 0.15) is 29.6 Å². The van der Waals surface area contributed by atoms with Gasteiger partial charge >= 0.3 is 6.18 Å². The van der Waals surface area contributed by atoms with Crippen molar-refractivity contribution in [1.82, 2.24) is 15.3 Å². The zero-order valence-corrected chi connectivity index (χ0v) is 14.3. The molecule has 0 spiro atoms. The first-order chi connectivity index (χ1) is 13.2. The van der Waals surface area contributed by atoms with Crippen molar-refractivity contribution in [3.8, 4) is 6.07 Å². The normalized spacial score (nSPS) is 15.5. The zero-order chi connectivity index (χ0) is 20.5. The van der Waals surface area contributed by atoms with Crippen LogP contribution in [0, 0.1) is 23.0 Å². The Bertz CT molecular complexity index is 1050. The van der Waals surface area contributed by atoms with Crippen molar-refractivity contribution < 1.29 is 26.7 Å². The first kappa shape index (κ1) is 19.5. The van der Waals surface area contributed by atoms with E-state index in [0.717, 1.165) is 30.0 Å². The summed E-state index contributed by atoms with van der Waals surface area (Å²) in [5.41, 5.74) is -3.57. The number of nitrogens with zero attached hydrogens (tertiary/aromatic N) is 3. The lowest BCUT2D eigenvalue weighted by Gasteiger charge is -2.11. The first-order valence-electron chi connectivity index (χ1n) is 7.38. The van der Waals surface area contributed by atoms with E-state index in [-0.39, 0.29) is 10.7 Å². The fourth-order valence-electron chi connectivity index (χ4n) is 2.36. The second kappa shape index (κ2) is 7.40. The standard InChI is InChI=1S/C17H7F5N4OS/c18-10-2-1-3-11(19)13(10)12-6-28-16(26-12)8(4-23)14(27)9-5-24-7-25-15(9)17(20,21)22/h1-3,5-7,26H. The van der Waals surface area contributed by atoms with Gasteiger partial charge in [-0.25, -0.2) is 18.7 Å². The molecule has 11 heteroatoms. The summed E-state index contributed by atoms with van der Waals surface area (Å²) in [6.07, 6.45) is -3.66. The van der Waals surface area contributed by atoms with E-state index in [1.54, 1.807) is 0 Å². The summed E-state index contributed by atoms with van der Waals surface area (Å²) in [5.74, 6) is -3.04. The summed E-state index contributed by atoms with van der Waals surface area (Å²) in [6, 6.07) is 4.71. The summed E-state index contributed by atoms with van der Waals surface area (Å²) >= 11 is 0.739. The molecule has 1 aliphatic heterocycles. The molecule has 0 fully saturated rings. The van der Waals surface area contributed by atoms with Crippen LogP contribution < -0.4 is 5.32 Å². The van der Waals surface area contributed by atoms with Crippen LogP contribution in [0.5, 0.6) is 0 Å². The van der Waals surface area contributed by atoms with E-state index in [9.17, 15) is 32.0 Å². The highest BCUT2D eigenvalue weighted by atomic mass is 32.2. The van der Waals surface area contributed by atoms with Gasteiger partial charge in [-0.15, -0.1) is 0 Å². The third-order valence-electron chi connectivity index (χ3n) is 3.57. The van der Waals surface area contributed by atoms with Crippen molar-refractivity contribution in [3.05, 3.63) is 75.2 Å². The highest BCUT2D eigenvalue weighted by Crippen LogP contribution is 2.36. The largest absolute Gasteiger partial charge is 0.434 e. The smallest absolute Gasteiger partial charge is 0.348 e. The van der Waals surface area contributed by atoms with E-state index in [1.807, 2.05) is 0 Å². The number of benzene rings is 1. The lowest BCUT2D eigenvalue weighted by atomic mass is 10.0. The van der Waals surface area contributed by atoms with Crippen molar-refractivity contribution in [2.45, 2.75) is 6.18 Å². The second-order valence-electron chi connectivity index (χ2n) is 5.30. The minimum absolute atomic E-state index is 0.0727. The molecule has 0 atom stereocenters. The number of carbonyl (C=O) groups is 1. The fourth-order valence-corrected chi connectivity index (χ4v) is 3.20. The van der Waals surface area contributed by atoms with E-state index >= 15 is 0 Å². The molecule has 1 aromatic carbocycles. The number of carbonyl (C=O) groups excluding carboxylic acids is 1. The SMILES string of the molecule is N#CC(C(=O)c1cncnc1C(F)(F)F)=C1NC(c2c(F)cccc2F)=CS1. The quantitative estimate of drug-likeness (QED) is 0.356. The van der Waals surface area contributed by atoms with Crippen LogP contribution >= 0.6 is 11.8 Å². The average Bonchev–Trinajstić information content (AvgIpc) is 3.10. The molecule has 5 nitrogen and oxygen atoms in total. The molecular weight excluding hydrogens is 403 g/mol. The summed E-state index contributed by atoms with van der Waals surface area (Å²) in [6.45, 7) is 0. The van der Waals surface area contributed by atoms with Crippen LogP contribution in [-0.2, 0) is 6.18 Å². The first-order valence-corrected chi connectivity index (χ1v) is 8.26. The Kier molecular flexibility index (Phi) is 5.15. The van der Waals surface area contributed by atoms with Crippen LogP contribution in [0.4, 0.5) is 22.0 Å². The molecule has 1 aliphatic rings. The average molecular weight is 410 g/mol. The summed E-state index contributed by atoms with van der Waals surface area (Å²) in [4.78, 5) is 19.0. The number of halogens is 5. The van der Waals surface area contributed by atoms with E-state index in [2.05, 4.69) is 15.3 Å². The number of nitriles is 1. The monoisotopic (exact) mass is 410 g/mol. The molecule has 0 radical (unpaired) electrons. The molecule has 1 N–H and O–H groups in total. The summed E-state index contributed by atoms with van der Waals surface area (Å²) < 4.78 is 67.0. The van der Waals surface area contributed by atoms with Gasteiger partial charge in [0.2, 0.25) is 5.78 Å². The van der Waals surface area contributed by atoms with Gasteiger partial charge in [-0.2, -0.15) is 18.4 Å². The molecule has 2 aromatic rings. The van der Waals surface area contributed by atoms with Crippen LogP contribution in [-0.4, -0.2) is 15.8 Å². The van der Waals surface area contributed by atoms with Gasteiger partial charge in [0.15, 0.2) is 5.69 Å². The van der Waals surface area contributed by atoms with E-state index in [0.29, 0.717) is 12.5 Å². The van der Waals surface area contributed by atoms with Crippen molar-refractivity contribution in [2.24, 2.45) is 0 Å². The van der Waals surface area contributed by atoms with Gasteiger partial charge in [-0.05, 0) is 12.1 Å². The molecule has 2 heterocycles. The maximum absolute atomic E-state index is 13.9. The number of Topliss-reactive ketones (excluding diaryl/α,β-unsaturated/α-hetero) is 1. The Hall–Kier alpha value is -3.26. The number of alkyl halides is 3. The highest BCUT2D eigenvalue weighted by molar-refractivity contribution is 8.06. The van der Waals surface area contributed by atoms with Gasteiger partial charge in [0, 0.05) is 11.6 Å². The molecular formula is C17H7F5N4OS. The Balaban J connectivity index is 1.99. The molecule has 0 unspecified atom stereocenters. The van der Waals surface area contributed by atoms with E-state index in [4.69, 9.17) is 0 Å². The summed E-state index contributed by atoms with van der Waals surface area (Å²) in [5, 5.41) is 12.9. The zero-order valence-electron chi connectivity index (χ0n) is 13.5. The van der Waals surface area contributed by atoms with E-state index < -0.39 is 46.0 Å². The fraction of sp³-hybridized carbons (Fsp3) is 0.0588. The van der Waals surface area contributed by atoms with Crippen LogP contribution in [0.1, 0.15) is 21.6 Å². The van der Waals surface area contributed by atoms with Gasteiger partial charge in [0.25, 0.3) is 0 Å². The third-order valence-corrected chi connectivity index (χ3v) is 4.46. The van der Waals surface area contributed by atoms with Crippen molar-refractivity contribution >= 4 is 23.2 Å². The number of nitrogens with one attached hydrogen (secondary N) is 1. The molecule has 0 saturated carbocycles. The predicted molar refractivity (Wildman–Crippen MR) is 89.1 cm³/mol. The van der Waals surface area contributed by atoms with Crippen molar-refractivity contribution in [3.63, 3.8) is 0 Å². The van der Waals surface area contributed by atoms with Gasteiger partial charge in [0.05, 0.1) is 21.9 Å². The van der Waals surface area contributed by atoms with Crippen LogP contribution in [0.15, 0.2) is 46.7 Å². The van der Waals surface area contributed by atoms with Crippen molar-refractivity contribution in [1.29, 1.82) is 5.26 Å². The Morgan fingerprint density at radius 2 is 1.89 bits per heavy atom. The Morgan fingerprint density at radius 3 is 2.50 bits per heavy atom. The highest BCUT2D eigenvalue weighted by Gasteiger charge is 2.38. The van der Waals surface area contributed by atoms with Crippen LogP contribution in [0.3, 0.4) is 0 Å². The number of aromatic nitrogens is 2. The van der Waals surface area contributed by atoms with Crippen LogP contribution in [0.2, 0.25) is 0 Å². The number of thioether (sulfide) groups is 1. The van der Waals surface area contributed by atoms with Gasteiger partial charge in [-0.3, -0.25) is 4.79 Å². The molecule has 0 saturated heterocycles. The second-order valence-corrected chi connectivity index (χ2v) is 6.18. The molecule has 3 rings (SSSR count). The van der Waals surface area contributed by atoms with Gasteiger partial charge in [-0.1, -0.05) is 17.8 Å². The lowest BCUT2D eigenvalue weighted by molar-refractivity contribution is -0.141. The maximum Gasteiger partial charge on any atom is 0.434 e. The van der Waals surface area contributed by atoms with Gasteiger partial charge < -0.3 is 5.32 Å². The molecule has 0 amide bonds. The predicted octanol–water partition coefficient (Wildman–Crippen LogP) is 4.03. The Labute approximate surface area is 158 Å². The minimum atomic E-state index is -4.94. The van der Waals surface area contributed by atoms with Crippen LogP contribution in [0.25, 0.3) is 5.70 Å². The molecule has 1 aromatic heterocycles. The summed E-state index contributed by atoms with van der Waals surface area (Å²) in [7, 11) is 0. The Morgan fingerprint density at radius 1 is 1.21 bits per heavy atom. The molecule has 0 aliphatic carbocycles. The number of hydrogen-bond donors (Lipinski definition) is 1. The maximum atomic E-state index is 13.9. The lowest BCUT2D eigenvalue weighted by Crippen LogP contribution is -2.19. The third kappa shape index (κ3) is 3.59. The number of rotatable bonds is 3.